The summed E-state index contributed by atoms with van der Waals surface area (Å²) < 4.78 is 5.57. The van der Waals surface area contributed by atoms with Gasteiger partial charge in [-0.05, 0) is 47.4 Å². The first-order chi connectivity index (χ1) is 12.2. The molecule has 2 aromatic carbocycles. The van der Waals surface area contributed by atoms with Gasteiger partial charge in [0.2, 0.25) is 0 Å². The third-order valence-corrected chi connectivity index (χ3v) is 4.84. The van der Waals surface area contributed by atoms with Crippen LogP contribution >= 0.6 is 0 Å². The summed E-state index contributed by atoms with van der Waals surface area (Å²) in [5.74, 6) is 0.648. The summed E-state index contributed by atoms with van der Waals surface area (Å²) in [7, 11) is 0. The number of benzene rings is 2. The van der Waals surface area contributed by atoms with Crippen LogP contribution in [0.2, 0.25) is 0 Å². The van der Waals surface area contributed by atoms with E-state index in [9.17, 15) is 10.2 Å². The van der Waals surface area contributed by atoms with Gasteiger partial charge >= 0.3 is 0 Å². The Balaban J connectivity index is 1.53. The van der Waals surface area contributed by atoms with Crippen LogP contribution in [0.1, 0.15) is 16.7 Å². The zero-order chi connectivity index (χ0) is 17.4. The van der Waals surface area contributed by atoms with Crippen LogP contribution in [-0.4, -0.2) is 46.8 Å². The molecule has 2 aromatic rings. The average Bonchev–Trinajstić information content (AvgIpc) is 3.00. The monoisotopic (exact) mass is 339 g/mol. The van der Waals surface area contributed by atoms with Gasteiger partial charge in [-0.25, -0.2) is 0 Å². The maximum absolute atomic E-state index is 9.69. The summed E-state index contributed by atoms with van der Waals surface area (Å²) in [6.45, 7) is -0.551. The molecule has 0 fully saturated rings. The summed E-state index contributed by atoms with van der Waals surface area (Å²) in [5.41, 5.74) is 6.11. The highest BCUT2D eigenvalue weighted by atomic mass is 16.5. The highest BCUT2D eigenvalue weighted by Crippen LogP contribution is 2.41. The van der Waals surface area contributed by atoms with Crippen LogP contribution in [0.25, 0.3) is 11.6 Å². The third kappa shape index (κ3) is 3.02. The van der Waals surface area contributed by atoms with Gasteiger partial charge in [-0.15, -0.1) is 0 Å². The van der Waals surface area contributed by atoms with E-state index in [1.54, 1.807) is 0 Å². The van der Waals surface area contributed by atoms with Crippen molar-refractivity contribution in [3.05, 3.63) is 59.2 Å². The highest BCUT2D eigenvalue weighted by Gasteiger charge is 2.29. The maximum atomic E-state index is 9.69. The Morgan fingerprint density at radius 1 is 1.12 bits per heavy atom. The average molecular weight is 339 g/mol. The van der Waals surface area contributed by atoms with Crippen molar-refractivity contribution in [1.82, 2.24) is 0 Å². The first-order valence-electron chi connectivity index (χ1n) is 8.46. The number of rotatable bonds is 5. The Morgan fingerprint density at radius 2 is 1.96 bits per heavy atom. The first kappa shape index (κ1) is 16.1. The predicted octanol–water partition coefficient (Wildman–Crippen LogP) is 1.67. The predicted molar refractivity (Wildman–Crippen MR) is 96.5 cm³/mol. The van der Waals surface area contributed by atoms with E-state index in [0.717, 1.165) is 6.42 Å². The van der Waals surface area contributed by atoms with E-state index < -0.39 is 18.8 Å². The van der Waals surface area contributed by atoms with Crippen LogP contribution in [-0.2, 0) is 6.42 Å². The number of ether oxygens (including phenoxy) is 1. The number of hydrogen-bond acceptors (Lipinski definition) is 5. The van der Waals surface area contributed by atoms with Crippen molar-refractivity contribution in [2.75, 3.05) is 18.5 Å². The molecule has 5 heteroatoms. The molecule has 1 aliphatic heterocycles. The molecular formula is C20H21NO4. The van der Waals surface area contributed by atoms with Crippen molar-refractivity contribution in [3.8, 4) is 5.75 Å². The van der Waals surface area contributed by atoms with Crippen LogP contribution in [0.5, 0.6) is 5.75 Å². The van der Waals surface area contributed by atoms with E-state index in [-0.39, 0.29) is 12.6 Å². The second-order valence-corrected chi connectivity index (χ2v) is 6.54. The van der Waals surface area contributed by atoms with Crippen LogP contribution in [0.4, 0.5) is 5.69 Å². The van der Waals surface area contributed by atoms with Crippen LogP contribution < -0.4 is 10.1 Å². The number of anilines is 1. The zero-order valence-corrected chi connectivity index (χ0v) is 13.7. The number of para-hydroxylation sites is 1. The fourth-order valence-corrected chi connectivity index (χ4v) is 3.44. The summed E-state index contributed by atoms with van der Waals surface area (Å²) in [6, 6.07) is 14.5. The Hall–Kier alpha value is -2.34. The first-order valence-corrected chi connectivity index (χ1v) is 8.46. The van der Waals surface area contributed by atoms with E-state index in [0.29, 0.717) is 5.75 Å². The van der Waals surface area contributed by atoms with Gasteiger partial charge in [-0.1, -0.05) is 24.3 Å². The molecule has 0 saturated heterocycles. The molecule has 1 unspecified atom stereocenters. The SMILES string of the molecule is OC[C@@H](O)[C@H](O)COc1ccc2c(c1)CC1Nc3ccccc3C1=C2. The molecule has 5 nitrogen and oxygen atoms in total. The lowest BCUT2D eigenvalue weighted by atomic mass is 9.87. The number of hydrogen-bond donors (Lipinski definition) is 4. The second-order valence-electron chi connectivity index (χ2n) is 6.54. The molecule has 4 rings (SSSR count). The number of aliphatic hydroxyl groups excluding tert-OH is 3. The Kier molecular flexibility index (Phi) is 4.21. The quantitative estimate of drug-likeness (QED) is 0.666. The summed E-state index contributed by atoms with van der Waals surface area (Å²) in [5, 5.41) is 31.5. The zero-order valence-electron chi connectivity index (χ0n) is 13.7. The van der Waals surface area contributed by atoms with Gasteiger partial charge in [0.15, 0.2) is 0 Å². The highest BCUT2D eigenvalue weighted by molar-refractivity contribution is 5.97. The molecule has 1 heterocycles. The fraction of sp³-hybridized carbons (Fsp3) is 0.300. The van der Waals surface area contributed by atoms with Gasteiger partial charge in [0, 0.05) is 11.3 Å². The molecule has 25 heavy (non-hydrogen) atoms. The summed E-state index contributed by atoms with van der Waals surface area (Å²) >= 11 is 0. The van der Waals surface area contributed by atoms with Crippen LogP contribution in [0, 0.1) is 0 Å². The Bertz CT molecular complexity index is 817. The number of fused-ring (bicyclic) bond motifs is 4. The molecule has 1 aliphatic carbocycles. The minimum Gasteiger partial charge on any atom is -0.491 e. The minimum atomic E-state index is -1.19. The summed E-state index contributed by atoms with van der Waals surface area (Å²) in [4.78, 5) is 0. The summed E-state index contributed by atoms with van der Waals surface area (Å²) in [6.07, 6.45) is 0.786. The molecule has 0 aromatic heterocycles. The standard InChI is InChI=1S/C20H21NO4/c22-10-19(23)20(24)11-25-14-6-5-12-8-16-15-3-1-2-4-17(15)21-18(16)9-13(12)7-14/h1-8,18-24H,9-11H2/t18?,19-,20-/m1/s1. The Labute approximate surface area is 146 Å². The molecule has 3 atom stereocenters. The van der Waals surface area contributed by atoms with Gasteiger partial charge in [-0.3, -0.25) is 0 Å². The molecule has 0 saturated carbocycles. The molecule has 130 valence electrons. The van der Waals surface area contributed by atoms with E-state index in [1.807, 2.05) is 24.3 Å². The fourth-order valence-electron chi connectivity index (χ4n) is 3.44. The van der Waals surface area contributed by atoms with Crippen molar-refractivity contribution in [2.45, 2.75) is 24.7 Å². The van der Waals surface area contributed by atoms with Crippen LogP contribution in [0.3, 0.4) is 0 Å². The molecular weight excluding hydrogens is 318 g/mol. The largest absolute Gasteiger partial charge is 0.491 e. The van der Waals surface area contributed by atoms with Crippen LogP contribution in [0.15, 0.2) is 42.5 Å². The lowest BCUT2D eigenvalue weighted by Gasteiger charge is -2.22. The molecule has 4 N–H and O–H groups in total. The lowest BCUT2D eigenvalue weighted by molar-refractivity contribution is -0.0339. The molecule has 0 spiro atoms. The smallest absolute Gasteiger partial charge is 0.119 e. The topological polar surface area (TPSA) is 82.0 Å². The Morgan fingerprint density at radius 3 is 2.80 bits per heavy atom. The van der Waals surface area contributed by atoms with Crippen molar-refractivity contribution in [2.24, 2.45) is 0 Å². The van der Waals surface area contributed by atoms with Crippen molar-refractivity contribution in [3.63, 3.8) is 0 Å². The normalized spacial score (nSPS) is 19.8. The van der Waals surface area contributed by atoms with Crippen molar-refractivity contribution >= 4 is 17.3 Å². The van der Waals surface area contributed by atoms with Gasteiger partial charge in [-0.2, -0.15) is 0 Å². The van der Waals surface area contributed by atoms with Gasteiger partial charge in [0.1, 0.15) is 24.6 Å². The van der Waals surface area contributed by atoms with Gasteiger partial charge < -0.3 is 25.4 Å². The van der Waals surface area contributed by atoms with Crippen molar-refractivity contribution < 1.29 is 20.1 Å². The van der Waals surface area contributed by atoms with E-state index in [1.165, 1.54) is 28.0 Å². The molecule has 2 aliphatic rings. The molecule has 0 bridgehead atoms. The van der Waals surface area contributed by atoms with E-state index >= 15 is 0 Å². The van der Waals surface area contributed by atoms with E-state index in [4.69, 9.17) is 9.84 Å². The van der Waals surface area contributed by atoms with Crippen molar-refractivity contribution in [1.29, 1.82) is 0 Å². The minimum absolute atomic E-state index is 0.0608. The second kappa shape index (κ2) is 6.52. The van der Waals surface area contributed by atoms with Gasteiger partial charge in [0.25, 0.3) is 0 Å². The third-order valence-electron chi connectivity index (χ3n) is 4.84. The van der Waals surface area contributed by atoms with E-state index in [2.05, 4.69) is 29.6 Å². The molecule has 0 radical (unpaired) electrons. The molecule has 0 amide bonds. The number of aliphatic hydroxyl groups is 3. The number of nitrogens with one attached hydrogen (secondary N) is 1. The van der Waals surface area contributed by atoms with Gasteiger partial charge in [0.05, 0.1) is 12.6 Å². The maximum Gasteiger partial charge on any atom is 0.119 e. The lowest BCUT2D eigenvalue weighted by Crippen LogP contribution is -2.34.